The fraction of sp³-hybridized carbons (Fsp3) is 0.368. The second-order valence-electron chi connectivity index (χ2n) is 6.44. The van der Waals surface area contributed by atoms with Gasteiger partial charge in [-0.1, -0.05) is 12.8 Å². The molecule has 0 radical (unpaired) electrons. The zero-order valence-electron chi connectivity index (χ0n) is 14.3. The van der Waals surface area contributed by atoms with Crippen LogP contribution in [-0.4, -0.2) is 37.0 Å². The monoisotopic (exact) mass is 358 g/mol. The van der Waals surface area contributed by atoms with Crippen molar-refractivity contribution in [3.05, 3.63) is 59.9 Å². The van der Waals surface area contributed by atoms with Crippen molar-refractivity contribution in [2.75, 3.05) is 12.8 Å². The number of hydrogen-bond acceptors (Lipinski definition) is 4. The average molecular weight is 358 g/mol. The van der Waals surface area contributed by atoms with E-state index in [9.17, 15) is 13.2 Å². The minimum atomic E-state index is -3.26. The predicted molar refractivity (Wildman–Crippen MR) is 96.0 cm³/mol. The van der Waals surface area contributed by atoms with Gasteiger partial charge in [0.25, 0.3) is 5.91 Å². The van der Waals surface area contributed by atoms with E-state index in [0.717, 1.165) is 37.5 Å². The van der Waals surface area contributed by atoms with Gasteiger partial charge in [0.05, 0.1) is 10.9 Å². The number of sulfone groups is 1. The van der Waals surface area contributed by atoms with Gasteiger partial charge in [0.15, 0.2) is 9.84 Å². The fourth-order valence-electron chi connectivity index (χ4n) is 3.29. The molecule has 1 aliphatic heterocycles. The number of pyridine rings is 1. The Morgan fingerprint density at radius 1 is 1.04 bits per heavy atom. The first-order valence-corrected chi connectivity index (χ1v) is 10.4. The summed E-state index contributed by atoms with van der Waals surface area (Å²) in [6, 6.07) is 10.2. The van der Waals surface area contributed by atoms with Crippen molar-refractivity contribution in [3.8, 4) is 0 Å². The molecule has 1 unspecified atom stereocenters. The summed E-state index contributed by atoms with van der Waals surface area (Å²) in [6.45, 7) is 0.708. The van der Waals surface area contributed by atoms with E-state index in [1.54, 1.807) is 24.5 Å². The van der Waals surface area contributed by atoms with Crippen molar-refractivity contribution in [1.29, 1.82) is 0 Å². The van der Waals surface area contributed by atoms with Crippen molar-refractivity contribution in [1.82, 2.24) is 9.88 Å². The fourth-order valence-corrected chi connectivity index (χ4v) is 3.92. The lowest BCUT2D eigenvalue weighted by atomic mass is 10.0. The molecule has 6 heteroatoms. The Kier molecular flexibility index (Phi) is 5.18. The molecule has 1 aromatic heterocycles. The number of likely N-dealkylation sites (tertiary alicyclic amines) is 1. The van der Waals surface area contributed by atoms with Gasteiger partial charge in [-0.15, -0.1) is 0 Å². The summed E-state index contributed by atoms with van der Waals surface area (Å²) in [7, 11) is -3.26. The molecule has 2 heterocycles. The lowest BCUT2D eigenvalue weighted by molar-refractivity contribution is 0.0680. The van der Waals surface area contributed by atoms with Crippen LogP contribution in [0.2, 0.25) is 0 Å². The summed E-state index contributed by atoms with van der Waals surface area (Å²) in [5.74, 6) is -0.0521. The number of amides is 1. The topological polar surface area (TPSA) is 67.3 Å². The highest BCUT2D eigenvalue weighted by molar-refractivity contribution is 7.90. The summed E-state index contributed by atoms with van der Waals surface area (Å²) in [4.78, 5) is 19.3. The molecular weight excluding hydrogens is 336 g/mol. The van der Waals surface area contributed by atoms with E-state index in [0.29, 0.717) is 12.1 Å². The van der Waals surface area contributed by atoms with Crippen molar-refractivity contribution in [3.63, 3.8) is 0 Å². The van der Waals surface area contributed by atoms with Gasteiger partial charge in [-0.3, -0.25) is 9.78 Å². The van der Waals surface area contributed by atoms with Crippen LogP contribution in [0.3, 0.4) is 0 Å². The van der Waals surface area contributed by atoms with Crippen molar-refractivity contribution in [2.45, 2.75) is 36.6 Å². The molecule has 2 aromatic rings. The third-order valence-corrected chi connectivity index (χ3v) is 5.76. The quantitative estimate of drug-likeness (QED) is 0.845. The minimum Gasteiger partial charge on any atom is -0.332 e. The van der Waals surface area contributed by atoms with Gasteiger partial charge in [0, 0.05) is 30.8 Å². The van der Waals surface area contributed by atoms with Crippen molar-refractivity contribution in [2.24, 2.45) is 0 Å². The van der Waals surface area contributed by atoms with Gasteiger partial charge in [0.1, 0.15) is 0 Å². The molecule has 1 aromatic carbocycles. The van der Waals surface area contributed by atoms with E-state index in [-0.39, 0.29) is 16.8 Å². The van der Waals surface area contributed by atoms with Crippen LogP contribution in [0.25, 0.3) is 0 Å². The maximum Gasteiger partial charge on any atom is 0.254 e. The van der Waals surface area contributed by atoms with E-state index in [2.05, 4.69) is 4.98 Å². The maximum atomic E-state index is 13.1. The molecule has 0 bridgehead atoms. The Morgan fingerprint density at radius 2 is 1.72 bits per heavy atom. The molecule has 1 amide bonds. The Morgan fingerprint density at radius 3 is 2.36 bits per heavy atom. The third-order valence-electron chi connectivity index (χ3n) is 4.63. The lowest BCUT2D eigenvalue weighted by Gasteiger charge is -2.30. The molecule has 25 heavy (non-hydrogen) atoms. The first-order chi connectivity index (χ1) is 12.0. The number of rotatable bonds is 3. The van der Waals surface area contributed by atoms with Crippen LogP contribution in [-0.2, 0) is 9.84 Å². The molecule has 1 fully saturated rings. The number of nitrogens with zero attached hydrogens (tertiary/aromatic N) is 2. The molecule has 132 valence electrons. The van der Waals surface area contributed by atoms with Crippen LogP contribution in [0.1, 0.15) is 47.6 Å². The summed E-state index contributed by atoms with van der Waals surface area (Å²) >= 11 is 0. The van der Waals surface area contributed by atoms with E-state index in [4.69, 9.17) is 0 Å². The van der Waals surface area contributed by atoms with E-state index >= 15 is 0 Å². The summed E-state index contributed by atoms with van der Waals surface area (Å²) in [5.41, 5.74) is 1.62. The van der Waals surface area contributed by atoms with Crippen LogP contribution in [0.15, 0.2) is 53.7 Å². The molecule has 0 N–H and O–H groups in total. The molecule has 0 saturated carbocycles. The Labute approximate surface area is 148 Å². The van der Waals surface area contributed by atoms with Gasteiger partial charge in [-0.2, -0.15) is 0 Å². The van der Waals surface area contributed by atoms with Crippen LogP contribution in [0.5, 0.6) is 0 Å². The van der Waals surface area contributed by atoms with Gasteiger partial charge >= 0.3 is 0 Å². The van der Waals surface area contributed by atoms with Gasteiger partial charge < -0.3 is 4.90 Å². The average Bonchev–Trinajstić information content (AvgIpc) is 2.87. The highest BCUT2D eigenvalue weighted by Crippen LogP contribution is 2.31. The molecule has 1 atom stereocenters. The second kappa shape index (κ2) is 7.35. The number of aromatic nitrogens is 1. The Hall–Kier alpha value is -2.21. The van der Waals surface area contributed by atoms with Crippen LogP contribution in [0, 0.1) is 0 Å². The zero-order chi connectivity index (χ0) is 17.9. The van der Waals surface area contributed by atoms with Crippen molar-refractivity contribution >= 4 is 15.7 Å². The molecule has 1 aliphatic rings. The lowest BCUT2D eigenvalue weighted by Crippen LogP contribution is -2.34. The maximum absolute atomic E-state index is 13.1. The molecule has 0 spiro atoms. The summed E-state index contributed by atoms with van der Waals surface area (Å²) in [6.07, 6.45) is 8.78. The van der Waals surface area contributed by atoms with E-state index in [1.807, 2.05) is 17.0 Å². The van der Waals surface area contributed by atoms with Gasteiger partial charge in [-0.05, 0) is 54.8 Å². The van der Waals surface area contributed by atoms with Crippen molar-refractivity contribution < 1.29 is 13.2 Å². The van der Waals surface area contributed by atoms with Crippen LogP contribution < -0.4 is 0 Å². The predicted octanol–water partition coefficient (Wildman–Crippen LogP) is 3.24. The van der Waals surface area contributed by atoms with E-state index < -0.39 is 9.84 Å². The van der Waals surface area contributed by atoms with Crippen LogP contribution in [0.4, 0.5) is 0 Å². The Bertz CT molecular complexity index is 833. The SMILES string of the molecule is CS(=O)(=O)c1ccc(C(=O)N2CCCCCC2c2ccncc2)cc1. The highest BCUT2D eigenvalue weighted by Gasteiger charge is 2.27. The molecule has 5 nitrogen and oxygen atoms in total. The largest absolute Gasteiger partial charge is 0.332 e. The first-order valence-electron chi connectivity index (χ1n) is 8.48. The van der Waals surface area contributed by atoms with Gasteiger partial charge in [-0.25, -0.2) is 8.42 Å². The minimum absolute atomic E-state index is 0.0348. The molecule has 1 saturated heterocycles. The second-order valence-corrected chi connectivity index (χ2v) is 8.46. The first kappa shape index (κ1) is 17.6. The molecular formula is C19H22N2O3S. The molecule has 3 rings (SSSR count). The smallest absolute Gasteiger partial charge is 0.254 e. The number of carbonyl (C=O) groups excluding carboxylic acids is 1. The van der Waals surface area contributed by atoms with Gasteiger partial charge in [0.2, 0.25) is 0 Å². The number of hydrogen-bond donors (Lipinski definition) is 0. The third kappa shape index (κ3) is 4.07. The molecule has 0 aliphatic carbocycles. The zero-order valence-corrected chi connectivity index (χ0v) is 15.1. The van der Waals surface area contributed by atoms with E-state index in [1.165, 1.54) is 12.1 Å². The standard InChI is InChI=1S/C19H22N2O3S/c1-25(23,24)17-8-6-16(7-9-17)19(22)21-14-4-2-3-5-18(21)15-10-12-20-13-11-15/h6-13,18H,2-5,14H2,1H3. The highest BCUT2D eigenvalue weighted by atomic mass is 32.2. The summed E-state index contributed by atoms with van der Waals surface area (Å²) < 4.78 is 23.2. The van der Waals surface area contributed by atoms with Crippen LogP contribution >= 0.6 is 0 Å². The Balaban J connectivity index is 1.90. The normalized spacial score (nSPS) is 18.6. The summed E-state index contributed by atoms with van der Waals surface area (Å²) in [5, 5.41) is 0. The number of benzene rings is 1. The number of carbonyl (C=O) groups is 1.